The average Bonchev–Trinajstić information content (AvgIpc) is 2.76. The van der Waals surface area contributed by atoms with Gasteiger partial charge in [-0.05, 0) is 13.0 Å². The van der Waals surface area contributed by atoms with Gasteiger partial charge in [0.15, 0.2) is 0 Å². The van der Waals surface area contributed by atoms with E-state index in [2.05, 4.69) is 10.3 Å². The molecule has 3 rings (SSSR count). The van der Waals surface area contributed by atoms with Crippen molar-refractivity contribution in [1.82, 2.24) is 14.9 Å². The fourth-order valence-electron chi connectivity index (χ4n) is 2.17. The largest absolute Gasteiger partial charge is 0.374 e. The molecule has 1 fully saturated rings. The number of hydrogen-bond donors (Lipinski definition) is 1. The SMILES string of the molecule is Cc1cc2c(=O)n(CC3CNCCO3)cnc2s1. The molecule has 0 spiro atoms. The van der Waals surface area contributed by atoms with Crippen LogP contribution in [-0.4, -0.2) is 35.4 Å². The van der Waals surface area contributed by atoms with Crippen LogP contribution in [0.5, 0.6) is 0 Å². The summed E-state index contributed by atoms with van der Waals surface area (Å²) in [5.74, 6) is 0. The van der Waals surface area contributed by atoms with E-state index in [0.717, 1.165) is 22.8 Å². The molecule has 0 aromatic carbocycles. The molecule has 1 aliphatic heterocycles. The van der Waals surface area contributed by atoms with E-state index in [1.165, 1.54) is 0 Å². The maximum atomic E-state index is 12.3. The van der Waals surface area contributed by atoms with Gasteiger partial charge in [-0.3, -0.25) is 9.36 Å². The van der Waals surface area contributed by atoms with Crippen molar-refractivity contribution in [2.45, 2.75) is 19.6 Å². The maximum Gasteiger partial charge on any atom is 0.262 e. The zero-order chi connectivity index (χ0) is 12.5. The highest BCUT2D eigenvalue weighted by Crippen LogP contribution is 2.19. The number of nitrogens with zero attached hydrogens (tertiary/aromatic N) is 2. The van der Waals surface area contributed by atoms with E-state index in [4.69, 9.17) is 4.74 Å². The lowest BCUT2D eigenvalue weighted by molar-refractivity contribution is 0.0175. The summed E-state index contributed by atoms with van der Waals surface area (Å²) in [5, 5.41) is 3.97. The van der Waals surface area contributed by atoms with Crippen molar-refractivity contribution in [3.63, 3.8) is 0 Å². The Hall–Kier alpha value is -1.24. The van der Waals surface area contributed by atoms with E-state index in [1.807, 2.05) is 13.0 Å². The molecule has 1 unspecified atom stereocenters. The molecule has 0 amide bonds. The number of ether oxygens (including phenoxy) is 1. The van der Waals surface area contributed by atoms with Crippen molar-refractivity contribution in [1.29, 1.82) is 0 Å². The van der Waals surface area contributed by atoms with E-state index in [0.29, 0.717) is 18.5 Å². The van der Waals surface area contributed by atoms with Gasteiger partial charge in [0.1, 0.15) is 4.83 Å². The molecule has 96 valence electrons. The van der Waals surface area contributed by atoms with Crippen LogP contribution in [0.1, 0.15) is 4.88 Å². The van der Waals surface area contributed by atoms with Crippen LogP contribution in [0.4, 0.5) is 0 Å². The van der Waals surface area contributed by atoms with Gasteiger partial charge in [-0.25, -0.2) is 4.98 Å². The number of nitrogens with one attached hydrogen (secondary N) is 1. The van der Waals surface area contributed by atoms with Crippen LogP contribution in [0.3, 0.4) is 0 Å². The van der Waals surface area contributed by atoms with Gasteiger partial charge in [0, 0.05) is 18.0 Å². The molecule has 0 bridgehead atoms. The Balaban J connectivity index is 1.91. The average molecular weight is 265 g/mol. The molecule has 1 atom stereocenters. The first-order valence-corrected chi connectivity index (χ1v) is 6.83. The fourth-order valence-corrected chi connectivity index (χ4v) is 3.00. The van der Waals surface area contributed by atoms with Crippen molar-refractivity contribution < 1.29 is 4.74 Å². The minimum absolute atomic E-state index is 0.0264. The number of aryl methyl sites for hydroxylation is 1. The van der Waals surface area contributed by atoms with Crippen LogP contribution in [0.25, 0.3) is 10.2 Å². The third-order valence-corrected chi connectivity index (χ3v) is 4.00. The van der Waals surface area contributed by atoms with Gasteiger partial charge < -0.3 is 10.1 Å². The number of morpholine rings is 1. The molecular weight excluding hydrogens is 250 g/mol. The lowest BCUT2D eigenvalue weighted by Gasteiger charge is -2.23. The Morgan fingerprint density at radius 3 is 3.33 bits per heavy atom. The Bertz CT molecular complexity index is 613. The van der Waals surface area contributed by atoms with Crippen LogP contribution in [0.2, 0.25) is 0 Å². The van der Waals surface area contributed by atoms with Gasteiger partial charge in [0.2, 0.25) is 0 Å². The van der Waals surface area contributed by atoms with Gasteiger partial charge in [-0.2, -0.15) is 0 Å². The Morgan fingerprint density at radius 2 is 2.56 bits per heavy atom. The number of fused-ring (bicyclic) bond motifs is 1. The van der Waals surface area contributed by atoms with Crippen molar-refractivity contribution in [2.75, 3.05) is 19.7 Å². The quantitative estimate of drug-likeness (QED) is 0.871. The maximum absolute atomic E-state index is 12.3. The zero-order valence-electron chi connectivity index (χ0n) is 10.2. The van der Waals surface area contributed by atoms with Crippen molar-refractivity contribution in [2.24, 2.45) is 0 Å². The Morgan fingerprint density at radius 1 is 1.67 bits per heavy atom. The molecular formula is C12H15N3O2S. The number of hydrogen-bond acceptors (Lipinski definition) is 5. The van der Waals surface area contributed by atoms with E-state index in [9.17, 15) is 4.79 Å². The summed E-state index contributed by atoms with van der Waals surface area (Å²) in [6, 6.07) is 1.91. The predicted octanol–water partition coefficient (Wildman–Crippen LogP) is 0.755. The summed E-state index contributed by atoms with van der Waals surface area (Å²) >= 11 is 1.55. The van der Waals surface area contributed by atoms with Crippen molar-refractivity contribution >= 4 is 21.6 Å². The molecule has 2 aromatic heterocycles. The normalized spacial score (nSPS) is 20.4. The number of thiophene rings is 1. The van der Waals surface area contributed by atoms with Gasteiger partial charge in [-0.1, -0.05) is 0 Å². The second-order valence-electron chi connectivity index (χ2n) is 4.47. The first kappa shape index (κ1) is 11.8. The van der Waals surface area contributed by atoms with Crippen LogP contribution in [0.15, 0.2) is 17.2 Å². The van der Waals surface area contributed by atoms with Crippen LogP contribution < -0.4 is 10.9 Å². The Kier molecular flexibility index (Phi) is 3.15. The minimum atomic E-state index is 0.0264. The molecule has 5 nitrogen and oxygen atoms in total. The molecule has 3 heterocycles. The van der Waals surface area contributed by atoms with Crippen LogP contribution in [0, 0.1) is 6.92 Å². The molecule has 1 N–H and O–H groups in total. The topological polar surface area (TPSA) is 56.2 Å². The highest BCUT2D eigenvalue weighted by Gasteiger charge is 2.15. The molecule has 1 aliphatic rings. The summed E-state index contributed by atoms with van der Waals surface area (Å²) in [4.78, 5) is 18.5. The van der Waals surface area contributed by atoms with E-state index in [1.54, 1.807) is 22.2 Å². The number of aromatic nitrogens is 2. The standard InChI is InChI=1S/C12H15N3O2S/c1-8-4-10-11(18-8)14-7-15(12(10)16)6-9-5-13-2-3-17-9/h4,7,9,13H,2-3,5-6H2,1H3. The van der Waals surface area contributed by atoms with Gasteiger partial charge in [0.25, 0.3) is 5.56 Å². The van der Waals surface area contributed by atoms with Gasteiger partial charge >= 0.3 is 0 Å². The first-order valence-electron chi connectivity index (χ1n) is 6.02. The summed E-state index contributed by atoms with van der Waals surface area (Å²) in [7, 11) is 0. The highest BCUT2D eigenvalue weighted by molar-refractivity contribution is 7.18. The lowest BCUT2D eigenvalue weighted by atomic mass is 10.3. The molecule has 18 heavy (non-hydrogen) atoms. The monoisotopic (exact) mass is 265 g/mol. The second-order valence-corrected chi connectivity index (χ2v) is 5.71. The van der Waals surface area contributed by atoms with E-state index >= 15 is 0 Å². The number of rotatable bonds is 2. The molecule has 0 saturated carbocycles. The smallest absolute Gasteiger partial charge is 0.262 e. The molecule has 0 aliphatic carbocycles. The van der Waals surface area contributed by atoms with E-state index in [-0.39, 0.29) is 11.7 Å². The summed E-state index contributed by atoms with van der Waals surface area (Å²) < 4.78 is 7.25. The first-order chi connectivity index (χ1) is 8.74. The van der Waals surface area contributed by atoms with E-state index < -0.39 is 0 Å². The summed E-state index contributed by atoms with van der Waals surface area (Å²) in [5.41, 5.74) is 0.0264. The van der Waals surface area contributed by atoms with Gasteiger partial charge in [0.05, 0.1) is 31.0 Å². The second kappa shape index (κ2) is 4.79. The lowest BCUT2D eigenvalue weighted by Crippen LogP contribution is -2.42. The van der Waals surface area contributed by atoms with Crippen LogP contribution >= 0.6 is 11.3 Å². The van der Waals surface area contributed by atoms with Crippen molar-refractivity contribution in [3.05, 3.63) is 27.6 Å². The molecule has 0 radical (unpaired) electrons. The summed E-state index contributed by atoms with van der Waals surface area (Å²) in [6.45, 7) is 4.92. The highest BCUT2D eigenvalue weighted by atomic mass is 32.1. The van der Waals surface area contributed by atoms with Crippen molar-refractivity contribution in [3.8, 4) is 0 Å². The Labute approximate surface area is 108 Å². The third kappa shape index (κ3) is 2.19. The van der Waals surface area contributed by atoms with Crippen LogP contribution in [-0.2, 0) is 11.3 Å². The molecule has 6 heteroatoms. The van der Waals surface area contributed by atoms with Gasteiger partial charge in [-0.15, -0.1) is 11.3 Å². The molecule has 2 aromatic rings. The molecule has 1 saturated heterocycles. The fraction of sp³-hybridized carbons (Fsp3) is 0.500. The zero-order valence-corrected chi connectivity index (χ0v) is 11.0. The summed E-state index contributed by atoms with van der Waals surface area (Å²) in [6.07, 6.45) is 1.67. The predicted molar refractivity (Wildman–Crippen MR) is 71.2 cm³/mol. The minimum Gasteiger partial charge on any atom is -0.374 e. The third-order valence-electron chi connectivity index (χ3n) is 3.05.